The monoisotopic (exact) mass is 468 g/mol. The van der Waals surface area contributed by atoms with Crippen molar-refractivity contribution in [2.75, 3.05) is 50.5 Å². The molecule has 0 radical (unpaired) electrons. The van der Waals surface area contributed by atoms with Gasteiger partial charge < -0.3 is 20.4 Å². The first-order valence-electron chi connectivity index (χ1n) is 11.5. The summed E-state index contributed by atoms with van der Waals surface area (Å²) in [4.78, 5) is 26.2. The summed E-state index contributed by atoms with van der Waals surface area (Å²) in [5.74, 6) is 0.417. The maximum atomic E-state index is 15.8. The van der Waals surface area contributed by atoms with Gasteiger partial charge in [0.2, 0.25) is 0 Å². The number of piperazine rings is 1. The zero-order valence-electron chi connectivity index (χ0n) is 19.0. The van der Waals surface area contributed by atoms with Crippen LogP contribution in [0.5, 0.6) is 0 Å². The smallest absolute Gasteiger partial charge is 0.263 e. The molecule has 2 fully saturated rings. The van der Waals surface area contributed by atoms with E-state index in [2.05, 4.69) is 25.5 Å². The first-order chi connectivity index (χ1) is 16.0. The maximum Gasteiger partial charge on any atom is 0.263 e. The Kier molecular flexibility index (Phi) is 6.16. The zero-order chi connectivity index (χ0) is 22.9. The van der Waals surface area contributed by atoms with E-state index in [4.69, 9.17) is 0 Å². The molecule has 3 aromatic heterocycles. The number of anilines is 3. The van der Waals surface area contributed by atoms with E-state index in [1.807, 2.05) is 18.3 Å². The quantitative estimate of drug-likeness (QED) is 0.580. The van der Waals surface area contributed by atoms with Gasteiger partial charge in [-0.05, 0) is 36.5 Å². The minimum Gasteiger partial charge on any atom is -0.368 e. The average molecular weight is 469 g/mol. The molecule has 33 heavy (non-hydrogen) atoms. The highest BCUT2D eigenvalue weighted by atomic mass is 32.1. The van der Waals surface area contributed by atoms with Crippen molar-refractivity contribution in [2.45, 2.75) is 31.6 Å². The van der Waals surface area contributed by atoms with Gasteiger partial charge in [0, 0.05) is 51.9 Å². The first-order valence-corrected chi connectivity index (χ1v) is 12.4. The molecule has 0 aromatic carbocycles. The lowest BCUT2D eigenvalue weighted by atomic mass is 9.94. The van der Waals surface area contributed by atoms with E-state index in [-0.39, 0.29) is 17.6 Å². The fourth-order valence-corrected chi connectivity index (χ4v) is 6.10. The van der Waals surface area contributed by atoms with Crippen LogP contribution in [-0.2, 0) is 0 Å². The van der Waals surface area contributed by atoms with Crippen molar-refractivity contribution in [3.63, 3.8) is 0 Å². The number of aromatic nitrogens is 2. The van der Waals surface area contributed by atoms with Crippen LogP contribution in [0, 0.1) is 5.82 Å². The van der Waals surface area contributed by atoms with Gasteiger partial charge in [0.05, 0.1) is 21.5 Å². The van der Waals surface area contributed by atoms with E-state index < -0.39 is 5.82 Å². The Morgan fingerprint density at radius 2 is 1.94 bits per heavy atom. The van der Waals surface area contributed by atoms with Gasteiger partial charge in [0.25, 0.3) is 5.91 Å². The zero-order valence-corrected chi connectivity index (χ0v) is 19.8. The summed E-state index contributed by atoms with van der Waals surface area (Å²) in [6.45, 7) is 3.80. The standard InChI is InChI=1S/C24H29FN6OS/c1-30(2)24(32)22-19(15-5-3-4-6-15)20-17(33-22)14-28-23(21(20)25)29-18-8-7-16(13-27-18)31-11-9-26-10-12-31/h7-8,13-15,26H,3-6,9-12H2,1-2H3,(H,27,28,29). The third kappa shape index (κ3) is 4.27. The molecular weight excluding hydrogens is 439 g/mol. The molecule has 1 aliphatic carbocycles. The molecule has 1 aliphatic heterocycles. The van der Waals surface area contributed by atoms with E-state index in [1.54, 1.807) is 25.2 Å². The number of rotatable bonds is 5. The number of thiophene rings is 1. The van der Waals surface area contributed by atoms with Crippen LogP contribution < -0.4 is 15.5 Å². The fourth-order valence-electron chi connectivity index (χ4n) is 4.82. The van der Waals surface area contributed by atoms with Crippen LogP contribution in [0.25, 0.3) is 10.1 Å². The lowest BCUT2D eigenvalue weighted by Gasteiger charge is -2.29. The fraction of sp³-hybridized carbons (Fsp3) is 0.458. The normalized spacial score (nSPS) is 17.0. The molecule has 4 heterocycles. The highest BCUT2D eigenvalue weighted by Gasteiger charge is 2.30. The minimum absolute atomic E-state index is 0.0721. The SMILES string of the molecule is CN(C)C(=O)c1sc2cnc(Nc3ccc(N4CCNCC4)cn3)c(F)c2c1C1CCCC1. The van der Waals surface area contributed by atoms with E-state index in [9.17, 15) is 4.79 Å². The number of hydrogen-bond donors (Lipinski definition) is 2. The van der Waals surface area contributed by atoms with Crippen LogP contribution in [0.3, 0.4) is 0 Å². The Labute approximate surface area is 197 Å². The average Bonchev–Trinajstić information content (AvgIpc) is 3.49. The Balaban J connectivity index is 1.48. The van der Waals surface area contributed by atoms with Gasteiger partial charge >= 0.3 is 0 Å². The number of nitrogens with zero attached hydrogens (tertiary/aromatic N) is 4. The summed E-state index contributed by atoms with van der Waals surface area (Å²) < 4.78 is 16.5. The largest absolute Gasteiger partial charge is 0.368 e. The van der Waals surface area contributed by atoms with Gasteiger partial charge in [-0.25, -0.2) is 14.4 Å². The van der Waals surface area contributed by atoms with Gasteiger partial charge in [-0.1, -0.05) is 12.8 Å². The Morgan fingerprint density at radius 3 is 2.61 bits per heavy atom. The summed E-state index contributed by atoms with van der Waals surface area (Å²) in [5.41, 5.74) is 1.91. The molecule has 1 saturated carbocycles. The number of hydrogen-bond acceptors (Lipinski definition) is 7. The minimum atomic E-state index is -0.406. The second-order valence-corrected chi connectivity index (χ2v) is 10.0. The van der Waals surface area contributed by atoms with Crippen LogP contribution in [0.1, 0.15) is 46.8 Å². The number of pyridine rings is 2. The lowest BCUT2D eigenvalue weighted by molar-refractivity contribution is 0.0831. The number of carbonyl (C=O) groups excluding carboxylic acids is 1. The summed E-state index contributed by atoms with van der Waals surface area (Å²) in [6, 6.07) is 3.86. The van der Waals surface area contributed by atoms with Crippen molar-refractivity contribution in [3.8, 4) is 0 Å². The maximum absolute atomic E-state index is 15.8. The first kappa shape index (κ1) is 22.0. The van der Waals surface area contributed by atoms with Crippen LogP contribution in [0.15, 0.2) is 24.5 Å². The van der Waals surface area contributed by atoms with Crippen molar-refractivity contribution < 1.29 is 9.18 Å². The second-order valence-electron chi connectivity index (χ2n) is 8.95. The Hall–Kier alpha value is -2.78. The Morgan fingerprint density at radius 1 is 1.18 bits per heavy atom. The molecular formula is C24H29FN6OS. The van der Waals surface area contributed by atoms with E-state index in [0.29, 0.717) is 20.8 Å². The van der Waals surface area contributed by atoms with Crippen LogP contribution >= 0.6 is 11.3 Å². The van der Waals surface area contributed by atoms with E-state index in [1.165, 1.54) is 11.3 Å². The van der Waals surface area contributed by atoms with Crippen LogP contribution in [0.2, 0.25) is 0 Å². The third-order valence-electron chi connectivity index (χ3n) is 6.55. The van der Waals surface area contributed by atoms with Gasteiger partial charge in [-0.3, -0.25) is 4.79 Å². The third-order valence-corrected chi connectivity index (χ3v) is 7.68. The van der Waals surface area contributed by atoms with Gasteiger partial charge in [-0.2, -0.15) is 0 Å². The highest BCUT2D eigenvalue weighted by molar-refractivity contribution is 7.21. The van der Waals surface area contributed by atoms with Gasteiger partial charge in [0.15, 0.2) is 11.6 Å². The van der Waals surface area contributed by atoms with Gasteiger partial charge in [0.1, 0.15) is 5.82 Å². The number of carbonyl (C=O) groups is 1. The summed E-state index contributed by atoms with van der Waals surface area (Å²) in [6.07, 6.45) is 7.67. The summed E-state index contributed by atoms with van der Waals surface area (Å²) in [7, 11) is 3.48. The Bertz CT molecular complexity index is 1150. The molecule has 3 aromatic rings. The molecule has 2 N–H and O–H groups in total. The summed E-state index contributed by atoms with van der Waals surface area (Å²) >= 11 is 1.35. The van der Waals surface area contributed by atoms with Crippen LogP contribution in [-0.4, -0.2) is 61.0 Å². The topological polar surface area (TPSA) is 73.4 Å². The van der Waals surface area contributed by atoms with Crippen molar-refractivity contribution in [3.05, 3.63) is 40.8 Å². The van der Waals surface area contributed by atoms with Crippen molar-refractivity contribution >= 4 is 44.7 Å². The molecule has 2 aliphatic rings. The molecule has 0 unspecified atom stereocenters. The molecule has 1 amide bonds. The molecule has 5 rings (SSSR count). The molecule has 0 atom stereocenters. The predicted octanol–water partition coefficient (Wildman–Crippen LogP) is 4.34. The number of amides is 1. The molecule has 174 valence electrons. The van der Waals surface area contributed by atoms with Crippen molar-refractivity contribution in [1.29, 1.82) is 0 Å². The van der Waals surface area contributed by atoms with E-state index >= 15 is 4.39 Å². The summed E-state index contributed by atoms with van der Waals surface area (Å²) in [5, 5.41) is 6.93. The number of fused-ring (bicyclic) bond motifs is 1. The predicted molar refractivity (Wildman–Crippen MR) is 131 cm³/mol. The number of nitrogens with one attached hydrogen (secondary N) is 2. The molecule has 0 spiro atoms. The highest BCUT2D eigenvalue weighted by Crippen LogP contribution is 2.45. The van der Waals surface area contributed by atoms with Crippen molar-refractivity contribution in [1.82, 2.24) is 20.2 Å². The molecule has 1 saturated heterocycles. The van der Waals surface area contributed by atoms with Crippen molar-refractivity contribution in [2.24, 2.45) is 0 Å². The van der Waals surface area contributed by atoms with Gasteiger partial charge in [-0.15, -0.1) is 11.3 Å². The molecule has 0 bridgehead atoms. The second kappa shape index (κ2) is 9.23. The lowest BCUT2D eigenvalue weighted by Crippen LogP contribution is -2.43. The molecule has 9 heteroatoms. The van der Waals surface area contributed by atoms with Crippen LogP contribution in [0.4, 0.5) is 21.7 Å². The molecule has 7 nitrogen and oxygen atoms in total. The van der Waals surface area contributed by atoms with E-state index in [0.717, 1.165) is 63.1 Å². The number of halogens is 1.